The van der Waals surface area contributed by atoms with Crippen LogP contribution in [0.25, 0.3) is 0 Å². The Morgan fingerprint density at radius 1 is 1.23 bits per heavy atom. The van der Waals surface area contributed by atoms with Crippen LogP contribution in [0.4, 0.5) is 5.69 Å². The maximum Gasteiger partial charge on any atom is 0.224 e. The topological polar surface area (TPSA) is 94.9 Å². The van der Waals surface area contributed by atoms with Crippen LogP contribution in [0, 0.1) is 0 Å². The van der Waals surface area contributed by atoms with Gasteiger partial charge in [-0.25, -0.2) is 4.98 Å². The Kier molecular flexibility index (Phi) is 7.54. The highest BCUT2D eigenvalue weighted by Crippen LogP contribution is 2.34. The number of hydrogen-bond acceptors (Lipinski definition) is 6. The lowest BCUT2D eigenvalue weighted by Gasteiger charge is -2.39. The molecule has 1 saturated heterocycles. The van der Waals surface area contributed by atoms with Gasteiger partial charge in [0.2, 0.25) is 11.8 Å². The summed E-state index contributed by atoms with van der Waals surface area (Å²) in [6, 6.07) is 9.42. The fourth-order valence-electron chi connectivity index (χ4n) is 4.24. The number of aliphatic hydroxyl groups is 2. The summed E-state index contributed by atoms with van der Waals surface area (Å²) in [5.74, 6) is 0.606. The number of carbonyl (C=O) groups is 1. The molecule has 3 N–H and O–H groups in total. The van der Waals surface area contributed by atoms with Crippen LogP contribution < -0.4 is 10.1 Å². The van der Waals surface area contributed by atoms with E-state index in [1.807, 2.05) is 31.2 Å². The Balaban J connectivity index is 0.00000272. The second-order valence-corrected chi connectivity index (χ2v) is 8.13. The molecule has 0 spiro atoms. The highest BCUT2D eigenvalue weighted by Gasteiger charge is 2.35. The number of anilines is 1. The lowest BCUT2D eigenvalue weighted by Crippen LogP contribution is -2.44. The van der Waals surface area contributed by atoms with Crippen molar-refractivity contribution in [3.8, 4) is 5.88 Å². The molecule has 31 heavy (non-hydrogen) atoms. The number of fused-ring (bicyclic) bond motifs is 1. The number of nitrogens with zero attached hydrogens (tertiary/aromatic N) is 2. The number of nitrogens with one attached hydrogen (secondary N) is 1. The van der Waals surface area contributed by atoms with Gasteiger partial charge in [0, 0.05) is 49.6 Å². The highest BCUT2D eigenvalue weighted by molar-refractivity contribution is 5.93. The van der Waals surface area contributed by atoms with E-state index in [0.29, 0.717) is 57.8 Å². The molecule has 0 bridgehead atoms. The Bertz CT molecular complexity index is 898. The summed E-state index contributed by atoms with van der Waals surface area (Å²) >= 11 is 0. The van der Waals surface area contributed by atoms with Crippen molar-refractivity contribution in [2.75, 3.05) is 31.6 Å². The van der Waals surface area contributed by atoms with Crippen molar-refractivity contribution in [3.63, 3.8) is 0 Å². The largest absolute Gasteiger partial charge is 0.478 e. The second-order valence-electron chi connectivity index (χ2n) is 8.13. The van der Waals surface area contributed by atoms with E-state index in [-0.39, 0.29) is 18.3 Å². The zero-order valence-electron chi connectivity index (χ0n) is 17.7. The van der Waals surface area contributed by atoms with Gasteiger partial charge in [-0.1, -0.05) is 12.1 Å². The minimum absolute atomic E-state index is 0. The third kappa shape index (κ3) is 5.36. The second kappa shape index (κ2) is 9.96. The van der Waals surface area contributed by atoms with Crippen LogP contribution in [-0.2, 0) is 16.8 Å². The van der Waals surface area contributed by atoms with Gasteiger partial charge in [0.05, 0.1) is 18.3 Å². The van der Waals surface area contributed by atoms with Gasteiger partial charge in [-0.05, 0) is 49.4 Å². The third-order valence-corrected chi connectivity index (χ3v) is 6.09. The predicted molar refractivity (Wildman–Crippen MR) is 121 cm³/mol. The molecule has 3 heterocycles. The van der Waals surface area contributed by atoms with E-state index in [4.69, 9.17) is 4.74 Å². The van der Waals surface area contributed by atoms with Crippen molar-refractivity contribution < 1.29 is 19.7 Å². The summed E-state index contributed by atoms with van der Waals surface area (Å²) in [6.45, 7) is 4.38. The summed E-state index contributed by atoms with van der Waals surface area (Å²) in [4.78, 5) is 18.0. The average molecular weight is 448 g/mol. The van der Waals surface area contributed by atoms with Gasteiger partial charge in [-0.15, -0.1) is 12.4 Å². The van der Waals surface area contributed by atoms with Crippen LogP contribution in [0.2, 0.25) is 0 Å². The smallest absolute Gasteiger partial charge is 0.224 e. The van der Waals surface area contributed by atoms with E-state index in [1.165, 1.54) is 0 Å². The molecule has 1 atom stereocenters. The molecule has 8 heteroatoms. The molecule has 1 aromatic heterocycles. The van der Waals surface area contributed by atoms with Crippen molar-refractivity contribution in [3.05, 3.63) is 53.2 Å². The minimum Gasteiger partial charge on any atom is -0.478 e. The van der Waals surface area contributed by atoms with Crippen LogP contribution in [0.15, 0.2) is 36.5 Å². The summed E-state index contributed by atoms with van der Waals surface area (Å²) in [6.07, 6.45) is 3.46. The normalized spacial score (nSPS) is 19.0. The van der Waals surface area contributed by atoms with E-state index in [2.05, 4.69) is 15.2 Å². The van der Waals surface area contributed by atoms with Crippen LogP contribution in [-0.4, -0.2) is 52.2 Å². The molecule has 168 valence electrons. The molecule has 2 aromatic rings. The number of rotatable bonds is 6. The van der Waals surface area contributed by atoms with Gasteiger partial charge in [0.1, 0.15) is 0 Å². The van der Waals surface area contributed by atoms with Crippen molar-refractivity contribution >= 4 is 24.0 Å². The standard InChI is InChI=1S/C23H29N3O4.ClH/c1-2-30-22-8-5-18(14-24-22)23(29)9-11-26(12-10-23)15-20(27)17-3-6-19-16(13-17)4-7-21(28)25-19;/h3,5-6,8,13-14,20,27,29H,2,4,7,9-12,15H2,1H3,(H,25,28);1H. The number of piperidine rings is 1. The van der Waals surface area contributed by atoms with Gasteiger partial charge in [-0.3, -0.25) is 4.79 Å². The number of aryl methyl sites for hydroxylation is 1. The summed E-state index contributed by atoms with van der Waals surface area (Å²) < 4.78 is 5.37. The number of hydrogen-bond donors (Lipinski definition) is 3. The van der Waals surface area contributed by atoms with Crippen molar-refractivity contribution in [1.29, 1.82) is 0 Å². The third-order valence-electron chi connectivity index (χ3n) is 6.09. The van der Waals surface area contributed by atoms with Crippen LogP contribution in [0.1, 0.15) is 49.0 Å². The maximum atomic E-state index is 11.5. The maximum absolute atomic E-state index is 11.5. The molecular formula is C23H30ClN3O4. The zero-order chi connectivity index (χ0) is 21.1. The molecular weight excluding hydrogens is 418 g/mol. The van der Waals surface area contributed by atoms with Crippen molar-refractivity contribution in [2.24, 2.45) is 0 Å². The molecule has 1 aromatic carbocycles. The number of aliphatic hydroxyl groups excluding tert-OH is 1. The minimum atomic E-state index is -0.900. The Morgan fingerprint density at radius 2 is 2.00 bits per heavy atom. The Hall–Kier alpha value is -2.19. The summed E-state index contributed by atoms with van der Waals surface area (Å²) in [5, 5.41) is 24.7. The van der Waals surface area contributed by atoms with Crippen LogP contribution in [0.3, 0.4) is 0 Å². The average Bonchev–Trinajstić information content (AvgIpc) is 2.76. The molecule has 2 aliphatic heterocycles. The molecule has 1 fully saturated rings. The number of amides is 1. The van der Waals surface area contributed by atoms with Gasteiger partial charge in [0.15, 0.2) is 0 Å². The first-order valence-corrected chi connectivity index (χ1v) is 10.6. The molecule has 7 nitrogen and oxygen atoms in total. The van der Waals surface area contributed by atoms with E-state index in [0.717, 1.165) is 22.4 Å². The summed E-state index contributed by atoms with van der Waals surface area (Å²) in [5.41, 5.74) is 2.68. The zero-order valence-corrected chi connectivity index (χ0v) is 18.5. The monoisotopic (exact) mass is 447 g/mol. The number of ether oxygens (including phenoxy) is 1. The van der Waals surface area contributed by atoms with Crippen molar-refractivity contribution in [2.45, 2.75) is 44.3 Å². The molecule has 0 saturated carbocycles. The molecule has 0 aliphatic carbocycles. The fourth-order valence-corrected chi connectivity index (χ4v) is 4.24. The van der Waals surface area contributed by atoms with Gasteiger partial charge >= 0.3 is 0 Å². The van der Waals surface area contributed by atoms with E-state index in [1.54, 1.807) is 12.3 Å². The molecule has 1 unspecified atom stereocenters. The van der Waals surface area contributed by atoms with Gasteiger partial charge in [0.25, 0.3) is 0 Å². The van der Waals surface area contributed by atoms with Crippen molar-refractivity contribution in [1.82, 2.24) is 9.88 Å². The molecule has 0 radical (unpaired) electrons. The molecule has 4 rings (SSSR count). The quantitative estimate of drug-likeness (QED) is 0.630. The highest BCUT2D eigenvalue weighted by atomic mass is 35.5. The van der Waals surface area contributed by atoms with Crippen LogP contribution in [0.5, 0.6) is 5.88 Å². The number of aromatic nitrogens is 1. The first-order valence-electron chi connectivity index (χ1n) is 10.6. The molecule has 1 amide bonds. The van der Waals surface area contributed by atoms with E-state index in [9.17, 15) is 15.0 Å². The SMILES string of the molecule is CCOc1ccc(C2(O)CCN(CC(O)c3ccc4c(c3)CCC(=O)N4)CC2)cn1.Cl. The lowest BCUT2D eigenvalue weighted by atomic mass is 9.85. The first kappa shape index (κ1) is 23.5. The lowest BCUT2D eigenvalue weighted by molar-refractivity contribution is -0.116. The first-order chi connectivity index (χ1) is 14.5. The van der Waals surface area contributed by atoms with Crippen LogP contribution >= 0.6 is 12.4 Å². The van der Waals surface area contributed by atoms with E-state index < -0.39 is 11.7 Å². The predicted octanol–water partition coefficient (Wildman–Crippen LogP) is 2.80. The van der Waals surface area contributed by atoms with E-state index >= 15 is 0 Å². The molecule has 2 aliphatic rings. The fraction of sp³-hybridized carbons (Fsp3) is 0.478. The number of benzene rings is 1. The Labute approximate surface area is 188 Å². The number of halogens is 1. The number of pyridine rings is 1. The van der Waals surface area contributed by atoms with Gasteiger partial charge < -0.3 is 25.2 Å². The number of β-amino-alcohol motifs (C(OH)–C–C–N with tert-alkyl or cyclic N) is 1. The summed E-state index contributed by atoms with van der Waals surface area (Å²) in [7, 11) is 0. The van der Waals surface area contributed by atoms with Gasteiger partial charge in [-0.2, -0.15) is 0 Å². The Morgan fingerprint density at radius 3 is 2.68 bits per heavy atom. The number of likely N-dealkylation sites (tertiary alicyclic amines) is 1. The number of carbonyl (C=O) groups excluding carboxylic acids is 1.